The molecule has 2 N–H and O–H groups in total. The highest BCUT2D eigenvalue weighted by Crippen LogP contribution is 2.11. The van der Waals surface area contributed by atoms with Gasteiger partial charge in [-0.2, -0.15) is 0 Å². The van der Waals surface area contributed by atoms with E-state index in [9.17, 15) is 4.79 Å². The number of nitrogen functional groups attached to an aromatic ring is 1. The average molecular weight is 206 g/mol. The van der Waals surface area contributed by atoms with Crippen molar-refractivity contribution >= 4 is 11.8 Å². The number of carbonyl (C=O) groups excluding carboxylic acids is 1. The number of amides is 2. The second kappa shape index (κ2) is 3.76. The molecule has 5 heteroatoms. The Kier molecular flexibility index (Phi) is 2.45. The van der Waals surface area contributed by atoms with E-state index in [4.69, 9.17) is 5.73 Å². The molecule has 0 unspecified atom stereocenters. The standard InChI is InChI=1S/C10H14N4O/c1-13-4-5-14(10(13)15)7-8-2-3-9(11)12-6-8/h2-3,6H,4-5,7H2,1H3,(H2,11,12). The van der Waals surface area contributed by atoms with Gasteiger partial charge in [-0.25, -0.2) is 9.78 Å². The lowest BCUT2D eigenvalue weighted by Crippen LogP contribution is -2.28. The van der Waals surface area contributed by atoms with Gasteiger partial charge < -0.3 is 15.5 Å². The Morgan fingerprint density at radius 2 is 2.27 bits per heavy atom. The van der Waals surface area contributed by atoms with Gasteiger partial charge in [0.15, 0.2) is 0 Å². The first-order valence-electron chi connectivity index (χ1n) is 4.87. The number of aromatic nitrogens is 1. The lowest BCUT2D eigenvalue weighted by Gasteiger charge is -2.15. The van der Waals surface area contributed by atoms with E-state index in [0.717, 1.165) is 18.7 Å². The number of pyridine rings is 1. The summed E-state index contributed by atoms with van der Waals surface area (Å²) in [5.74, 6) is 0.503. The number of nitrogens with two attached hydrogens (primary N) is 1. The molecule has 0 atom stereocenters. The highest BCUT2D eigenvalue weighted by atomic mass is 16.2. The topological polar surface area (TPSA) is 62.5 Å². The Morgan fingerprint density at radius 3 is 2.80 bits per heavy atom. The fourth-order valence-electron chi connectivity index (χ4n) is 1.60. The maximum atomic E-state index is 11.6. The molecule has 0 radical (unpaired) electrons. The minimum Gasteiger partial charge on any atom is -0.384 e. The zero-order valence-corrected chi connectivity index (χ0v) is 8.68. The second-order valence-electron chi connectivity index (χ2n) is 3.72. The van der Waals surface area contributed by atoms with Crippen LogP contribution in [0.3, 0.4) is 0 Å². The lowest BCUT2D eigenvalue weighted by atomic mass is 10.2. The van der Waals surface area contributed by atoms with Crippen LogP contribution >= 0.6 is 0 Å². The van der Waals surface area contributed by atoms with Gasteiger partial charge in [-0.3, -0.25) is 0 Å². The van der Waals surface area contributed by atoms with Crippen molar-refractivity contribution in [3.8, 4) is 0 Å². The summed E-state index contributed by atoms with van der Waals surface area (Å²) in [5.41, 5.74) is 6.49. The van der Waals surface area contributed by atoms with Gasteiger partial charge in [0.1, 0.15) is 5.82 Å². The second-order valence-corrected chi connectivity index (χ2v) is 3.72. The highest BCUT2D eigenvalue weighted by molar-refractivity contribution is 5.76. The predicted octanol–water partition coefficient (Wildman–Crippen LogP) is 0.531. The van der Waals surface area contributed by atoms with Crippen molar-refractivity contribution in [2.45, 2.75) is 6.54 Å². The third-order valence-electron chi connectivity index (χ3n) is 2.52. The van der Waals surface area contributed by atoms with Crippen LogP contribution in [0.2, 0.25) is 0 Å². The zero-order valence-electron chi connectivity index (χ0n) is 8.68. The van der Waals surface area contributed by atoms with E-state index < -0.39 is 0 Å². The van der Waals surface area contributed by atoms with Crippen LogP contribution in [-0.2, 0) is 6.54 Å². The molecule has 0 aliphatic carbocycles. The molecule has 0 aromatic carbocycles. The summed E-state index contributed by atoms with van der Waals surface area (Å²) < 4.78 is 0. The van der Waals surface area contributed by atoms with E-state index >= 15 is 0 Å². The first-order valence-corrected chi connectivity index (χ1v) is 4.87. The van der Waals surface area contributed by atoms with Gasteiger partial charge >= 0.3 is 6.03 Å². The zero-order chi connectivity index (χ0) is 10.8. The first-order chi connectivity index (χ1) is 7.16. The van der Waals surface area contributed by atoms with Crippen molar-refractivity contribution in [3.05, 3.63) is 23.9 Å². The van der Waals surface area contributed by atoms with E-state index in [-0.39, 0.29) is 6.03 Å². The lowest BCUT2D eigenvalue weighted by molar-refractivity contribution is 0.197. The van der Waals surface area contributed by atoms with Gasteiger partial charge in [0.25, 0.3) is 0 Å². The van der Waals surface area contributed by atoms with Crippen LogP contribution in [0.15, 0.2) is 18.3 Å². The van der Waals surface area contributed by atoms with Gasteiger partial charge in [0.05, 0.1) is 0 Å². The fraction of sp³-hybridized carbons (Fsp3) is 0.400. The molecule has 80 valence electrons. The molecule has 1 saturated heterocycles. The molecule has 15 heavy (non-hydrogen) atoms. The van der Waals surface area contributed by atoms with Crippen LogP contribution in [0.25, 0.3) is 0 Å². The van der Waals surface area contributed by atoms with Crippen LogP contribution < -0.4 is 5.73 Å². The largest absolute Gasteiger partial charge is 0.384 e. The quantitative estimate of drug-likeness (QED) is 0.767. The third-order valence-corrected chi connectivity index (χ3v) is 2.52. The molecule has 2 amide bonds. The van der Waals surface area contributed by atoms with Crippen molar-refractivity contribution < 1.29 is 4.79 Å². The van der Waals surface area contributed by atoms with Gasteiger partial charge in [0, 0.05) is 32.9 Å². The van der Waals surface area contributed by atoms with Gasteiger partial charge in [-0.05, 0) is 11.6 Å². The molecule has 2 heterocycles. The molecular formula is C10H14N4O. The number of rotatable bonds is 2. The maximum absolute atomic E-state index is 11.6. The fourth-order valence-corrected chi connectivity index (χ4v) is 1.60. The van der Waals surface area contributed by atoms with E-state index in [2.05, 4.69) is 4.98 Å². The van der Waals surface area contributed by atoms with Gasteiger partial charge in [-0.1, -0.05) is 6.07 Å². The van der Waals surface area contributed by atoms with Crippen molar-refractivity contribution in [1.29, 1.82) is 0 Å². The van der Waals surface area contributed by atoms with Crippen molar-refractivity contribution in [3.63, 3.8) is 0 Å². The SMILES string of the molecule is CN1CCN(Cc2ccc(N)nc2)C1=O. The Hall–Kier alpha value is -1.78. The highest BCUT2D eigenvalue weighted by Gasteiger charge is 2.24. The summed E-state index contributed by atoms with van der Waals surface area (Å²) in [5, 5.41) is 0. The Morgan fingerprint density at radius 1 is 1.47 bits per heavy atom. The summed E-state index contributed by atoms with van der Waals surface area (Å²) in [6, 6.07) is 3.72. The van der Waals surface area contributed by atoms with Crippen LogP contribution in [-0.4, -0.2) is 41.0 Å². The number of nitrogens with zero attached hydrogens (tertiary/aromatic N) is 3. The summed E-state index contributed by atoms with van der Waals surface area (Å²) in [6.45, 7) is 2.18. The number of hydrogen-bond donors (Lipinski definition) is 1. The number of hydrogen-bond acceptors (Lipinski definition) is 3. The maximum Gasteiger partial charge on any atom is 0.320 e. The normalized spacial score (nSPS) is 16.2. The monoisotopic (exact) mass is 206 g/mol. The Balaban J connectivity index is 2.03. The van der Waals surface area contributed by atoms with Crippen molar-refractivity contribution in [2.75, 3.05) is 25.9 Å². The van der Waals surface area contributed by atoms with E-state index in [1.807, 2.05) is 13.1 Å². The Bertz CT molecular complexity index is 362. The van der Waals surface area contributed by atoms with Gasteiger partial charge in [-0.15, -0.1) is 0 Å². The molecule has 0 bridgehead atoms. The first kappa shape index (κ1) is 9.76. The summed E-state index contributed by atoms with van der Waals surface area (Å²) in [7, 11) is 1.81. The molecule has 0 spiro atoms. The number of likely N-dealkylation sites (N-methyl/N-ethyl adjacent to an activating group) is 1. The molecule has 0 saturated carbocycles. The average Bonchev–Trinajstić information content (AvgIpc) is 2.53. The van der Waals surface area contributed by atoms with Crippen LogP contribution in [0.4, 0.5) is 10.6 Å². The van der Waals surface area contributed by atoms with E-state index in [0.29, 0.717) is 12.4 Å². The smallest absolute Gasteiger partial charge is 0.320 e. The minimum absolute atomic E-state index is 0.0758. The summed E-state index contributed by atoms with van der Waals surface area (Å²) in [4.78, 5) is 19.1. The summed E-state index contributed by atoms with van der Waals surface area (Å²) in [6.07, 6.45) is 1.71. The van der Waals surface area contributed by atoms with E-state index in [1.165, 1.54) is 0 Å². The van der Waals surface area contributed by atoms with Crippen molar-refractivity contribution in [1.82, 2.24) is 14.8 Å². The third kappa shape index (κ3) is 2.01. The number of carbonyl (C=O) groups is 1. The summed E-state index contributed by atoms with van der Waals surface area (Å²) >= 11 is 0. The molecule has 1 aromatic rings. The Labute approximate surface area is 88.5 Å². The molecule has 1 aliphatic heterocycles. The molecular weight excluding hydrogens is 192 g/mol. The van der Waals surface area contributed by atoms with Gasteiger partial charge in [0.2, 0.25) is 0 Å². The number of urea groups is 1. The molecule has 5 nitrogen and oxygen atoms in total. The molecule has 1 fully saturated rings. The van der Waals surface area contributed by atoms with Crippen LogP contribution in [0.5, 0.6) is 0 Å². The molecule has 1 aromatic heterocycles. The van der Waals surface area contributed by atoms with E-state index in [1.54, 1.807) is 22.1 Å². The molecule has 2 rings (SSSR count). The van der Waals surface area contributed by atoms with Crippen LogP contribution in [0, 0.1) is 0 Å². The number of anilines is 1. The molecule has 1 aliphatic rings. The van der Waals surface area contributed by atoms with Crippen LogP contribution in [0.1, 0.15) is 5.56 Å². The predicted molar refractivity (Wildman–Crippen MR) is 57.1 cm³/mol. The van der Waals surface area contributed by atoms with Crippen molar-refractivity contribution in [2.24, 2.45) is 0 Å². The minimum atomic E-state index is 0.0758.